The van der Waals surface area contributed by atoms with Crippen molar-refractivity contribution in [1.29, 1.82) is 0 Å². The lowest BCUT2D eigenvalue weighted by atomic mass is 9.96. The van der Waals surface area contributed by atoms with Crippen LogP contribution in [-0.4, -0.2) is 24.3 Å². The monoisotopic (exact) mass is 482 g/mol. The number of thiazole rings is 1. The maximum Gasteiger partial charge on any atom is 0.338 e. The van der Waals surface area contributed by atoms with E-state index < -0.39 is 12.0 Å². The Hall–Kier alpha value is -3.16. The number of methoxy groups -OCH3 is 1. The van der Waals surface area contributed by atoms with E-state index >= 15 is 0 Å². The van der Waals surface area contributed by atoms with Gasteiger partial charge in [0.25, 0.3) is 5.56 Å². The van der Waals surface area contributed by atoms with Crippen molar-refractivity contribution >= 4 is 35.0 Å². The van der Waals surface area contributed by atoms with E-state index in [1.807, 2.05) is 37.3 Å². The van der Waals surface area contributed by atoms with Gasteiger partial charge in [0.2, 0.25) is 0 Å². The minimum Gasteiger partial charge on any atom is -0.496 e. The first-order valence-corrected chi connectivity index (χ1v) is 11.6. The normalized spacial score (nSPS) is 15.8. The van der Waals surface area contributed by atoms with Gasteiger partial charge in [-0.1, -0.05) is 53.3 Å². The number of benzene rings is 2. The molecule has 0 spiro atoms. The number of aromatic nitrogens is 1. The highest BCUT2D eigenvalue weighted by atomic mass is 35.5. The third-order valence-corrected chi connectivity index (χ3v) is 6.77. The molecule has 3 aromatic rings. The zero-order valence-electron chi connectivity index (χ0n) is 18.7. The molecule has 0 fully saturated rings. The summed E-state index contributed by atoms with van der Waals surface area (Å²) in [5, 5.41) is 0.455. The van der Waals surface area contributed by atoms with Crippen LogP contribution in [0.5, 0.6) is 5.75 Å². The summed E-state index contributed by atoms with van der Waals surface area (Å²) in [6.07, 6.45) is 1.80. The van der Waals surface area contributed by atoms with E-state index in [1.54, 1.807) is 39.2 Å². The zero-order valence-corrected chi connectivity index (χ0v) is 20.3. The van der Waals surface area contributed by atoms with Crippen LogP contribution in [0.15, 0.2) is 63.5 Å². The fraction of sp³-hybridized carbons (Fsp3) is 0.240. The number of hydrogen-bond donors (Lipinski definition) is 0. The SMILES string of the molecule is CCOC(=O)C1=C(C)N=c2s/c(=C\c3ccc(C)c(OC)c3)c(=O)n2[C@H]1c1ccccc1Cl. The van der Waals surface area contributed by atoms with Crippen LogP contribution < -0.4 is 19.6 Å². The van der Waals surface area contributed by atoms with Gasteiger partial charge < -0.3 is 9.47 Å². The fourth-order valence-corrected chi connectivity index (χ4v) is 5.15. The standard InChI is InChI=1S/C25H23ClN2O4S/c1-5-32-24(30)21-15(3)27-25-28(22(21)17-8-6-7-9-18(17)26)23(29)20(33-25)13-16-11-10-14(2)19(12-16)31-4/h6-13,22H,5H2,1-4H3/b20-13-/t22-/m0/s1. The molecule has 1 aromatic heterocycles. The summed E-state index contributed by atoms with van der Waals surface area (Å²) in [4.78, 5) is 31.6. The number of carbonyl (C=O) groups is 1. The smallest absolute Gasteiger partial charge is 0.338 e. The van der Waals surface area contributed by atoms with E-state index in [0.717, 1.165) is 16.9 Å². The predicted octanol–water partition coefficient (Wildman–Crippen LogP) is 3.77. The molecule has 1 aliphatic rings. The fourth-order valence-electron chi connectivity index (χ4n) is 3.86. The van der Waals surface area contributed by atoms with E-state index in [2.05, 4.69) is 4.99 Å². The number of halogens is 1. The van der Waals surface area contributed by atoms with Crippen LogP contribution in [-0.2, 0) is 9.53 Å². The molecule has 1 atom stereocenters. The van der Waals surface area contributed by atoms with Crippen LogP contribution in [0.3, 0.4) is 0 Å². The summed E-state index contributed by atoms with van der Waals surface area (Å²) in [7, 11) is 1.61. The van der Waals surface area contributed by atoms with Gasteiger partial charge in [-0.3, -0.25) is 9.36 Å². The Morgan fingerprint density at radius 1 is 1.24 bits per heavy atom. The number of carbonyl (C=O) groups excluding carboxylic acids is 1. The van der Waals surface area contributed by atoms with Crippen LogP contribution in [0.25, 0.3) is 6.08 Å². The summed E-state index contributed by atoms with van der Waals surface area (Å²) in [5.74, 6) is 0.229. The second-order valence-electron chi connectivity index (χ2n) is 7.55. The molecule has 0 unspecified atom stereocenters. The van der Waals surface area contributed by atoms with Gasteiger partial charge in [-0.05, 0) is 55.7 Å². The first-order valence-electron chi connectivity index (χ1n) is 10.4. The van der Waals surface area contributed by atoms with Crippen molar-refractivity contribution in [2.75, 3.05) is 13.7 Å². The minimum absolute atomic E-state index is 0.213. The summed E-state index contributed by atoms with van der Waals surface area (Å²) in [6, 6.07) is 12.2. The number of allylic oxidation sites excluding steroid dienone is 1. The maximum absolute atomic E-state index is 13.6. The maximum atomic E-state index is 13.6. The van der Waals surface area contributed by atoms with E-state index in [-0.39, 0.29) is 12.2 Å². The number of nitrogens with zero attached hydrogens (tertiary/aromatic N) is 2. The van der Waals surface area contributed by atoms with Gasteiger partial charge >= 0.3 is 5.97 Å². The first kappa shape index (κ1) is 23.0. The van der Waals surface area contributed by atoms with Gasteiger partial charge in [-0.2, -0.15) is 0 Å². The zero-order chi connectivity index (χ0) is 23.7. The Kier molecular flexibility index (Phi) is 6.54. The number of hydrogen-bond acceptors (Lipinski definition) is 6. The van der Waals surface area contributed by atoms with Gasteiger partial charge in [0.05, 0.1) is 29.5 Å². The van der Waals surface area contributed by atoms with E-state index in [0.29, 0.717) is 31.2 Å². The molecule has 0 saturated heterocycles. The molecule has 0 aliphatic carbocycles. The Bertz CT molecular complexity index is 1450. The minimum atomic E-state index is -0.733. The molecule has 2 heterocycles. The highest BCUT2D eigenvalue weighted by Gasteiger charge is 2.34. The lowest BCUT2D eigenvalue weighted by molar-refractivity contribution is -0.139. The van der Waals surface area contributed by atoms with Gasteiger partial charge in [0.15, 0.2) is 4.80 Å². The molecule has 4 rings (SSSR count). The molecule has 170 valence electrons. The van der Waals surface area contributed by atoms with Gasteiger partial charge in [-0.25, -0.2) is 9.79 Å². The average molecular weight is 483 g/mol. The summed E-state index contributed by atoms with van der Waals surface area (Å²) >= 11 is 7.78. The Morgan fingerprint density at radius 2 is 2.00 bits per heavy atom. The van der Waals surface area contributed by atoms with Crippen LogP contribution in [0, 0.1) is 6.92 Å². The lowest BCUT2D eigenvalue weighted by Gasteiger charge is -2.25. The molecular weight excluding hydrogens is 460 g/mol. The third kappa shape index (κ3) is 4.26. The van der Waals surface area contributed by atoms with Gasteiger partial charge in [0, 0.05) is 5.02 Å². The molecule has 0 bridgehead atoms. The molecule has 0 amide bonds. The Balaban J connectivity index is 1.96. The number of fused-ring (bicyclic) bond motifs is 1. The first-order chi connectivity index (χ1) is 15.8. The topological polar surface area (TPSA) is 69.9 Å². The van der Waals surface area contributed by atoms with E-state index in [9.17, 15) is 9.59 Å². The average Bonchev–Trinajstić information content (AvgIpc) is 3.09. The predicted molar refractivity (Wildman–Crippen MR) is 130 cm³/mol. The van der Waals surface area contributed by atoms with Crippen molar-refractivity contribution in [2.24, 2.45) is 4.99 Å². The number of rotatable bonds is 5. The molecule has 6 nitrogen and oxygen atoms in total. The molecule has 0 saturated carbocycles. The quantitative estimate of drug-likeness (QED) is 0.519. The Morgan fingerprint density at radius 3 is 2.70 bits per heavy atom. The van der Waals surface area contributed by atoms with Gasteiger partial charge in [0.1, 0.15) is 11.8 Å². The lowest BCUT2D eigenvalue weighted by Crippen LogP contribution is -2.40. The molecule has 8 heteroatoms. The largest absolute Gasteiger partial charge is 0.496 e. The summed E-state index contributed by atoms with van der Waals surface area (Å²) in [5.41, 5.74) is 3.03. The highest BCUT2D eigenvalue weighted by Crippen LogP contribution is 2.34. The van der Waals surface area contributed by atoms with Crippen LogP contribution in [0.2, 0.25) is 5.02 Å². The molecular formula is C25H23ClN2O4S. The highest BCUT2D eigenvalue weighted by molar-refractivity contribution is 7.07. The van der Waals surface area contributed by atoms with Crippen molar-refractivity contribution in [1.82, 2.24) is 4.57 Å². The van der Waals surface area contributed by atoms with Crippen molar-refractivity contribution in [3.63, 3.8) is 0 Å². The van der Waals surface area contributed by atoms with Crippen LogP contribution in [0.4, 0.5) is 0 Å². The van der Waals surface area contributed by atoms with Crippen LogP contribution in [0.1, 0.15) is 36.6 Å². The van der Waals surface area contributed by atoms with Crippen molar-refractivity contribution in [2.45, 2.75) is 26.8 Å². The molecule has 0 radical (unpaired) electrons. The molecule has 33 heavy (non-hydrogen) atoms. The van der Waals surface area contributed by atoms with E-state index in [1.165, 1.54) is 15.9 Å². The second-order valence-corrected chi connectivity index (χ2v) is 8.97. The molecule has 2 aromatic carbocycles. The van der Waals surface area contributed by atoms with Crippen molar-refractivity contribution < 1.29 is 14.3 Å². The summed E-state index contributed by atoms with van der Waals surface area (Å²) < 4.78 is 12.7. The van der Waals surface area contributed by atoms with Crippen LogP contribution >= 0.6 is 22.9 Å². The number of esters is 1. The summed E-state index contributed by atoms with van der Waals surface area (Å²) in [6.45, 7) is 5.66. The van der Waals surface area contributed by atoms with Gasteiger partial charge in [-0.15, -0.1) is 0 Å². The number of aryl methyl sites for hydroxylation is 1. The second kappa shape index (κ2) is 9.37. The molecule has 0 N–H and O–H groups in total. The van der Waals surface area contributed by atoms with E-state index in [4.69, 9.17) is 21.1 Å². The third-order valence-electron chi connectivity index (χ3n) is 5.45. The number of ether oxygens (including phenoxy) is 2. The van der Waals surface area contributed by atoms with Crippen molar-refractivity contribution in [3.8, 4) is 5.75 Å². The Labute approximate surface area is 200 Å². The molecule has 1 aliphatic heterocycles. The van der Waals surface area contributed by atoms with Crippen molar-refractivity contribution in [3.05, 3.63) is 95.1 Å².